The summed E-state index contributed by atoms with van der Waals surface area (Å²) in [4.78, 5) is 12.4. The van der Waals surface area contributed by atoms with E-state index in [1.165, 1.54) is 12.1 Å². The van der Waals surface area contributed by atoms with E-state index in [1.54, 1.807) is 6.07 Å². The Bertz CT molecular complexity index is 400. The number of azide groups is 1. The first kappa shape index (κ1) is 9.75. The van der Waals surface area contributed by atoms with Crippen LogP contribution in [0, 0.1) is 13.7 Å². The van der Waals surface area contributed by atoms with Crippen molar-refractivity contribution in [1.29, 1.82) is 0 Å². The predicted octanol–water partition coefficient (Wildman–Crippen LogP) is 3.14. The molecule has 0 heterocycles. The molecule has 0 spiro atoms. The van der Waals surface area contributed by atoms with Crippen LogP contribution >= 0.6 is 22.6 Å². The van der Waals surface area contributed by atoms with E-state index < -0.39 is 4.92 Å². The number of hydrogen-bond donors (Lipinski definition) is 0. The second kappa shape index (κ2) is 4.06. The minimum absolute atomic E-state index is 0.0654. The number of nitro benzene ring substituents is 1. The van der Waals surface area contributed by atoms with E-state index in [2.05, 4.69) is 10.0 Å². The zero-order chi connectivity index (χ0) is 9.84. The summed E-state index contributed by atoms with van der Waals surface area (Å²) in [6, 6.07) is 4.47. The van der Waals surface area contributed by atoms with Gasteiger partial charge in [-0.2, -0.15) is 0 Å². The average Bonchev–Trinajstić information content (AvgIpc) is 2.08. The minimum Gasteiger partial charge on any atom is -0.258 e. The Morgan fingerprint density at radius 2 is 2.31 bits per heavy atom. The minimum atomic E-state index is -0.577. The van der Waals surface area contributed by atoms with Gasteiger partial charge in [-0.05, 0) is 34.2 Å². The van der Waals surface area contributed by atoms with Crippen LogP contribution < -0.4 is 0 Å². The Balaban J connectivity index is 3.42. The van der Waals surface area contributed by atoms with Crippen LogP contribution in [-0.2, 0) is 0 Å². The van der Waals surface area contributed by atoms with Crippen LogP contribution in [0.2, 0.25) is 0 Å². The standard InChI is InChI=1S/C6H3IN4O2/c7-4-2-1-3-5(11(12)13)6(4)9-10-8/h1-3H. The topological polar surface area (TPSA) is 91.9 Å². The summed E-state index contributed by atoms with van der Waals surface area (Å²) in [5.74, 6) is 0. The molecule has 0 aliphatic heterocycles. The van der Waals surface area contributed by atoms with Gasteiger partial charge in [-0.3, -0.25) is 10.1 Å². The zero-order valence-corrected chi connectivity index (χ0v) is 8.37. The monoisotopic (exact) mass is 290 g/mol. The van der Waals surface area contributed by atoms with E-state index in [4.69, 9.17) is 5.53 Å². The fourth-order valence-electron chi connectivity index (χ4n) is 0.795. The molecule has 0 N–H and O–H groups in total. The molecule has 0 amide bonds. The number of nitro groups is 1. The Labute approximate surface area is 86.5 Å². The number of rotatable bonds is 2. The molecule has 66 valence electrons. The number of nitrogens with zero attached hydrogens (tertiary/aromatic N) is 4. The Morgan fingerprint density at radius 1 is 1.62 bits per heavy atom. The second-order valence-electron chi connectivity index (χ2n) is 2.05. The maximum atomic E-state index is 10.5. The number of benzene rings is 1. The maximum absolute atomic E-state index is 10.5. The first-order chi connectivity index (χ1) is 6.16. The molecule has 6 nitrogen and oxygen atoms in total. The van der Waals surface area contributed by atoms with Crippen molar-refractivity contribution in [3.63, 3.8) is 0 Å². The highest BCUT2D eigenvalue weighted by Crippen LogP contribution is 2.31. The molecule has 13 heavy (non-hydrogen) atoms. The van der Waals surface area contributed by atoms with Gasteiger partial charge in [-0.1, -0.05) is 11.2 Å². The van der Waals surface area contributed by atoms with Crippen LogP contribution in [0.5, 0.6) is 0 Å². The molecule has 0 aliphatic carbocycles. The lowest BCUT2D eigenvalue weighted by Gasteiger charge is -1.97. The molecule has 0 fully saturated rings. The van der Waals surface area contributed by atoms with E-state index in [0.29, 0.717) is 3.57 Å². The lowest BCUT2D eigenvalue weighted by atomic mass is 10.3. The summed E-state index contributed by atoms with van der Waals surface area (Å²) in [6.07, 6.45) is 0. The van der Waals surface area contributed by atoms with Gasteiger partial charge in [-0.25, -0.2) is 0 Å². The summed E-state index contributed by atoms with van der Waals surface area (Å²) in [6.45, 7) is 0. The van der Waals surface area contributed by atoms with Crippen molar-refractivity contribution in [2.75, 3.05) is 0 Å². The quantitative estimate of drug-likeness (QED) is 0.209. The van der Waals surface area contributed by atoms with Crippen molar-refractivity contribution >= 4 is 34.0 Å². The molecule has 0 aromatic heterocycles. The molecule has 0 atom stereocenters. The van der Waals surface area contributed by atoms with E-state index in [-0.39, 0.29) is 11.4 Å². The molecular weight excluding hydrogens is 287 g/mol. The van der Waals surface area contributed by atoms with E-state index in [9.17, 15) is 10.1 Å². The van der Waals surface area contributed by atoms with Crippen molar-refractivity contribution < 1.29 is 4.92 Å². The molecule has 1 rings (SSSR count). The van der Waals surface area contributed by atoms with Crippen LogP contribution in [0.1, 0.15) is 0 Å². The summed E-state index contributed by atoms with van der Waals surface area (Å²) < 4.78 is 0.560. The van der Waals surface area contributed by atoms with Crippen molar-refractivity contribution in [3.8, 4) is 0 Å². The smallest absolute Gasteiger partial charge is 0.258 e. The largest absolute Gasteiger partial charge is 0.280 e. The zero-order valence-electron chi connectivity index (χ0n) is 6.22. The maximum Gasteiger partial charge on any atom is 0.280 e. The molecule has 0 saturated heterocycles. The van der Waals surface area contributed by atoms with Gasteiger partial charge in [0.15, 0.2) is 0 Å². The SMILES string of the molecule is [N-]=[N+]=Nc1c(I)cccc1[N+](=O)[O-]. The highest BCUT2D eigenvalue weighted by Gasteiger charge is 2.13. The van der Waals surface area contributed by atoms with Gasteiger partial charge in [0.25, 0.3) is 5.69 Å². The van der Waals surface area contributed by atoms with Crippen molar-refractivity contribution in [2.45, 2.75) is 0 Å². The van der Waals surface area contributed by atoms with Crippen LogP contribution in [0.4, 0.5) is 11.4 Å². The van der Waals surface area contributed by atoms with Crippen LogP contribution in [0.3, 0.4) is 0 Å². The molecule has 1 aromatic rings. The summed E-state index contributed by atoms with van der Waals surface area (Å²) in [5, 5.41) is 13.7. The Kier molecular flexibility index (Phi) is 3.04. The van der Waals surface area contributed by atoms with Crippen LogP contribution in [0.15, 0.2) is 23.3 Å². The molecule has 1 aromatic carbocycles. The van der Waals surface area contributed by atoms with Crippen LogP contribution in [-0.4, -0.2) is 4.92 Å². The first-order valence-electron chi connectivity index (χ1n) is 3.15. The summed E-state index contributed by atoms with van der Waals surface area (Å²) >= 11 is 1.87. The third-order valence-electron chi connectivity index (χ3n) is 1.31. The molecule has 0 bridgehead atoms. The van der Waals surface area contributed by atoms with Gasteiger partial charge >= 0.3 is 0 Å². The van der Waals surface area contributed by atoms with Gasteiger partial charge in [0.05, 0.1) is 4.92 Å². The van der Waals surface area contributed by atoms with E-state index in [0.717, 1.165) is 0 Å². The fraction of sp³-hybridized carbons (Fsp3) is 0. The van der Waals surface area contributed by atoms with Gasteiger partial charge in [-0.15, -0.1) is 0 Å². The van der Waals surface area contributed by atoms with Gasteiger partial charge in [0, 0.05) is 14.5 Å². The predicted molar refractivity (Wildman–Crippen MR) is 54.6 cm³/mol. The van der Waals surface area contributed by atoms with E-state index >= 15 is 0 Å². The van der Waals surface area contributed by atoms with Gasteiger partial charge in [0.2, 0.25) is 0 Å². The number of halogens is 1. The highest BCUT2D eigenvalue weighted by molar-refractivity contribution is 14.1. The lowest BCUT2D eigenvalue weighted by molar-refractivity contribution is -0.384. The molecule has 0 radical (unpaired) electrons. The molecular formula is C6H3IN4O2. The third-order valence-corrected chi connectivity index (χ3v) is 2.18. The first-order valence-corrected chi connectivity index (χ1v) is 4.22. The van der Waals surface area contributed by atoms with Crippen molar-refractivity contribution in [3.05, 3.63) is 42.3 Å². The molecule has 0 saturated carbocycles. The molecule has 0 unspecified atom stereocenters. The molecule has 7 heteroatoms. The van der Waals surface area contributed by atoms with Gasteiger partial charge < -0.3 is 0 Å². The number of hydrogen-bond acceptors (Lipinski definition) is 3. The van der Waals surface area contributed by atoms with Crippen molar-refractivity contribution in [2.24, 2.45) is 5.11 Å². The van der Waals surface area contributed by atoms with E-state index in [1.807, 2.05) is 22.6 Å². The summed E-state index contributed by atoms with van der Waals surface area (Å²) in [7, 11) is 0. The lowest BCUT2D eigenvalue weighted by Crippen LogP contribution is -1.88. The molecule has 0 aliphatic rings. The third kappa shape index (κ3) is 2.07. The highest BCUT2D eigenvalue weighted by atomic mass is 127. The normalized spacial score (nSPS) is 9.00. The van der Waals surface area contributed by atoms with Crippen molar-refractivity contribution in [1.82, 2.24) is 0 Å². The van der Waals surface area contributed by atoms with Gasteiger partial charge in [0.1, 0.15) is 5.69 Å². The summed E-state index contributed by atoms with van der Waals surface area (Å²) in [5.41, 5.74) is 8.07. The Morgan fingerprint density at radius 3 is 2.85 bits per heavy atom. The van der Waals surface area contributed by atoms with Crippen LogP contribution in [0.25, 0.3) is 10.4 Å². The fourth-order valence-corrected chi connectivity index (χ4v) is 1.39. The second-order valence-corrected chi connectivity index (χ2v) is 3.22. The average molecular weight is 290 g/mol. The Hall–Kier alpha value is -1.34.